The molecule has 1 N–H and O–H groups in total. The summed E-state index contributed by atoms with van der Waals surface area (Å²) < 4.78 is 0. The zero-order valence-corrected chi connectivity index (χ0v) is 17.3. The second-order valence-electron chi connectivity index (χ2n) is 6.43. The largest absolute Gasteiger partial charge is 0.357 e. The van der Waals surface area contributed by atoms with Gasteiger partial charge in [0.25, 0.3) is 0 Å². The smallest absolute Gasteiger partial charge is 0.242 e. The average Bonchev–Trinajstić information content (AvgIpc) is 2.63. The van der Waals surface area contributed by atoms with E-state index in [-0.39, 0.29) is 24.8 Å². The van der Waals surface area contributed by atoms with E-state index in [1.807, 2.05) is 38.1 Å². The van der Waals surface area contributed by atoms with Crippen molar-refractivity contribution in [3.63, 3.8) is 0 Å². The molecule has 0 fully saturated rings. The van der Waals surface area contributed by atoms with E-state index in [2.05, 4.69) is 5.32 Å². The van der Waals surface area contributed by atoms with E-state index in [0.717, 1.165) is 11.1 Å². The number of carbonyl (C=O) groups excluding carboxylic acids is 2. The highest BCUT2D eigenvalue weighted by molar-refractivity contribution is 6.36. The Morgan fingerprint density at radius 2 is 1.74 bits per heavy atom. The predicted octanol–water partition coefficient (Wildman–Crippen LogP) is 4.40. The fourth-order valence-corrected chi connectivity index (χ4v) is 3.56. The number of likely N-dealkylation sites (N-methyl/N-ethyl adjacent to an activating group) is 1. The van der Waals surface area contributed by atoms with Gasteiger partial charge in [-0.3, -0.25) is 9.59 Å². The lowest BCUT2D eigenvalue weighted by Gasteiger charge is -2.31. The fourth-order valence-electron chi connectivity index (χ4n) is 3.04. The van der Waals surface area contributed by atoms with Gasteiger partial charge in [0.1, 0.15) is 6.04 Å². The summed E-state index contributed by atoms with van der Waals surface area (Å²) in [6.45, 7) is 4.03. The molecule has 2 aromatic carbocycles. The van der Waals surface area contributed by atoms with Gasteiger partial charge in [0.2, 0.25) is 11.8 Å². The molecule has 0 aromatic heterocycles. The van der Waals surface area contributed by atoms with Crippen molar-refractivity contribution in [2.24, 2.45) is 0 Å². The molecule has 0 heterocycles. The number of rotatable bonds is 7. The number of hydrogen-bond acceptors (Lipinski definition) is 2. The maximum Gasteiger partial charge on any atom is 0.242 e. The third kappa shape index (κ3) is 5.47. The lowest BCUT2D eigenvalue weighted by Crippen LogP contribution is -2.48. The van der Waals surface area contributed by atoms with Gasteiger partial charge in [-0.25, -0.2) is 0 Å². The maximum atomic E-state index is 13.1. The van der Waals surface area contributed by atoms with Crippen LogP contribution >= 0.6 is 23.2 Å². The molecule has 0 saturated carbocycles. The Bertz CT molecular complexity index is 803. The van der Waals surface area contributed by atoms with Crippen molar-refractivity contribution in [3.05, 3.63) is 69.2 Å². The van der Waals surface area contributed by atoms with Crippen LogP contribution in [0.1, 0.15) is 30.0 Å². The molecule has 4 nitrogen and oxygen atoms in total. The molecule has 0 saturated heterocycles. The van der Waals surface area contributed by atoms with Crippen LogP contribution in [0, 0.1) is 6.92 Å². The molecule has 2 amide bonds. The predicted molar refractivity (Wildman–Crippen MR) is 110 cm³/mol. The molecule has 2 aromatic rings. The molecule has 0 aliphatic carbocycles. The first kappa shape index (κ1) is 21.3. The van der Waals surface area contributed by atoms with Gasteiger partial charge in [0.05, 0.1) is 6.42 Å². The number of nitrogens with zero attached hydrogens (tertiary/aromatic N) is 1. The van der Waals surface area contributed by atoms with E-state index >= 15 is 0 Å². The standard InChI is InChI=1S/C21H24Cl2N2O2/c1-4-19(21(27)24-3)25(13-16-17(22)9-6-10-18(16)23)20(26)12-15-8-5-7-14(2)11-15/h5-11,19H,4,12-13H2,1-3H3,(H,24,27)/t19-/m0/s1. The van der Waals surface area contributed by atoms with Crippen LogP contribution in [0.5, 0.6) is 0 Å². The van der Waals surface area contributed by atoms with E-state index in [1.54, 1.807) is 30.1 Å². The number of nitrogens with one attached hydrogen (secondary N) is 1. The zero-order valence-electron chi connectivity index (χ0n) is 15.8. The Kier molecular flexibility index (Phi) is 7.69. The monoisotopic (exact) mass is 406 g/mol. The summed E-state index contributed by atoms with van der Waals surface area (Å²) in [5, 5.41) is 3.59. The summed E-state index contributed by atoms with van der Waals surface area (Å²) in [5.41, 5.74) is 2.63. The van der Waals surface area contributed by atoms with E-state index in [1.165, 1.54) is 0 Å². The number of hydrogen-bond donors (Lipinski definition) is 1. The third-order valence-corrected chi connectivity index (χ3v) is 5.17. The van der Waals surface area contributed by atoms with E-state index in [9.17, 15) is 9.59 Å². The number of benzene rings is 2. The molecule has 2 rings (SSSR count). The SMILES string of the molecule is CC[C@@H](C(=O)NC)N(Cc1c(Cl)cccc1Cl)C(=O)Cc1cccc(C)c1. The molecule has 6 heteroatoms. The van der Waals surface area contributed by atoms with Crippen molar-refractivity contribution in [3.8, 4) is 0 Å². The van der Waals surface area contributed by atoms with Crippen molar-refractivity contribution >= 4 is 35.0 Å². The summed E-state index contributed by atoms with van der Waals surface area (Å²) in [4.78, 5) is 27.1. The van der Waals surface area contributed by atoms with E-state index < -0.39 is 6.04 Å². The zero-order chi connectivity index (χ0) is 20.0. The molecule has 0 unspecified atom stereocenters. The van der Waals surface area contributed by atoms with Crippen LogP contribution in [0.25, 0.3) is 0 Å². The molecule has 0 radical (unpaired) electrons. The Morgan fingerprint density at radius 3 is 2.30 bits per heavy atom. The molecular weight excluding hydrogens is 383 g/mol. The summed E-state index contributed by atoms with van der Waals surface area (Å²) in [6.07, 6.45) is 0.693. The van der Waals surface area contributed by atoms with Crippen molar-refractivity contribution in [2.45, 2.75) is 39.3 Å². The summed E-state index contributed by atoms with van der Waals surface area (Å²) in [6, 6.07) is 12.4. The fraction of sp³-hybridized carbons (Fsp3) is 0.333. The van der Waals surface area contributed by atoms with Crippen molar-refractivity contribution < 1.29 is 9.59 Å². The van der Waals surface area contributed by atoms with Gasteiger partial charge >= 0.3 is 0 Å². The van der Waals surface area contributed by atoms with Crippen LogP contribution in [0.3, 0.4) is 0 Å². The summed E-state index contributed by atoms with van der Waals surface area (Å²) >= 11 is 12.6. The molecule has 0 aliphatic rings. The van der Waals surface area contributed by atoms with Crippen LogP contribution in [-0.2, 0) is 22.6 Å². The summed E-state index contributed by atoms with van der Waals surface area (Å²) in [5.74, 6) is -0.356. The van der Waals surface area contributed by atoms with Gasteiger partial charge in [-0.2, -0.15) is 0 Å². The molecule has 27 heavy (non-hydrogen) atoms. The number of aryl methyl sites for hydroxylation is 1. The normalized spacial score (nSPS) is 11.7. The van der Waals surface area contributed by atoms with Crippen LogP contribution in [0.4, 0.5) is 0 Å². The molecule has 144 valence electrons. The molecule has 1 atom stereocenters. The van der Waals surface area contributed by atoms with Crippen LogP contribution in [-0.4, -0.2) is 29.8 Å². The lowest BCUT2D eigenvalue weighted by molar-refractivity contribution is -0.140. The minimum Gasteiger partial charge on any atom is -0.357 e. The Labute approximate surface area is 170 Å². The molecule has 0 spiro atoms. The Balaban J connectivity index is 2.36. The third-order valence-electron chi connectivity index (χ3n) is 4.46. The van der Waals surface area contributed by atoms with Crippen molar-refractivity contribution in [1.82, 2.24) is 10.2 Å². The van der Waals surface area contributed by atoms with Crippen molar-refractivity contribution in [1.29, 1.82) is 0 Å². The first-order valence-corrected chi connectivity index (χ1v) is 9.62. The van der Waals surface area contributed by atoms with Gasteiger partial charge in [0.15, 0.2) is 0 Å². The number of carbonyl (C=O) groups is 2. The first-order valence-electron chi connectivity index (χ1n) is 8.86. The maximum absolute atomic E-state index is 13.1. The van der Waals surface area contributed by atoms with E-state index in [0.29, 0.717) is 22.0 Å². The minimum absolute atomic E-state index is 0.146. The van der Waals surface area contributed by atoms with Crippen LogP contribution < -0.4 is 5.32 Å². The lowest BCUT2D eigenvalue weighted by atomic mass is 10.1. The summed E-state index contributed by atoms with van der Waals surface area (Å²) in [7, 11) is 1.57. The second-order valence-corrected chi connectivity index (χ2v) is 7.24. The van der Waals surface area contributed by atoms with Crippen LogP contribution in [0.15, 0.2) is 42.5 Å². The molecule has 0 aliphatic heterocycles. The van der Waals surface area contributed by atoms with Gasteiger partial charge in [-0.05, 0) is 31.0 Å². The number of halogens is 2. The topological polar surface area (TPSA) is 49.4 Å². The Morgan fingerprint density at radius 1 is 1.11 bits per heavy atom. The minimum atomic E-state index is -0.598. The van der Waals surface area contributed by atoms with Crippen molar-refractivity contribution in [2.75, 3.05) is 7.05 Å². The number of amides is 2. The highest BCUT2D eigenvalue weighted by atomic mass is 35.5. The highest BCUT2D eigenvalue weighted by Crippen LogP contribution is 2.27. The van der Waals surface area contributed by atoms with E-state index in [4.69, 9.17) is 23.2 Å². The van der Waals surface area contributed by atoms with Crippen LogP contribution in [0.2, 0.25) is 10.0 Å². The average molecular weight is 407 g/mol. The Hall–Kier alpha value is -2.04. The quantitative estimate of drug-likeness (QED) is 0.740. The van der Waals surface area contributed by atoms with Gasteiger partial charge in [-0.15, -0.1) is 0 Å². The highest BCUT2D eigenvalue weighted by Gasteiger charge is 2.29. The molecular formula is C21H24Cl2N2O2. The van der Waals surface area contributed by atoms with Gasteiger partial charge < -0.3 is 10.2 Å². The first-order chi connectivity index (χ1) is 12.9. The van der Waals surface area contributed by atoms with Gasteiger partial charge in [0, 0.05) is 29.2 Å². The van der Waals surface area contributed by atoms with Gasteiger partial charge in [-0.1, -0.05) is 66.0 Å². The second kappa shape index (κ2) is 9.77. The molecule has 0 bridgehead atoms.